The van der Waals surface area contributed by atoms with Crippen LogP contribution in [0, 0.1) is 5.82 Å². The number of nitrogens with one attached hydrogen (secondary N) is 1. The minimum atomic E-state index is -0.322. The topological polar surface area (TPSA) is 59.8 Å². The molecule has 0 saturated carbocycles. The zero-order valence-electron chi connectivity index (χ0n) is 14.4. The van der Waals surface area contributed by atoms with E-state index in [1.807, 2.05) is 24.5 Å². The molecule has 8 heteroatoms. The third kappa shape index (κ3) is 4.75. The predicted octanol–water partition coefficient (Wildman–Crippen LogP) is 4.11. The molecule has 0 aliphatic heterocycles. The summed E-state index contributed by atoms with van der Waals surface area (Å²) in [6, 6.07) is 13.3. The number of rotatable bonds is 6. The monoisotopic (exact) mass is 402 g/mol. The molecule has 3 rings (SSSR count). The highest BCUT2D eigenvalue weighted by Gasteiger charge is 2.13. The van der Waals surface area contributed by atoms with Crippen LogP contribution in [0.25, 0.3) is 11.8 Å². The van der Waals surface area contributed by atoms with Crippen LogP contribution in [0.2, 0.25) is 5.02 Å². The van der Waals surface area contributed by atoms with Crippen molar-refractivity contribution in [3.63, 3.8) is 0 Å². The van der Waals surface area contributed by atoms with Crippen LogP contribution in [0.5, 0.6) is 0 Å². The van der Waals surface area contributed by atoms with E-state index in [2.05, 4.69) is 15.5 Å². The molecule has 0 bridgehead atoms. The maximum Gasteiger partial charge on any atom is 0.244 e. The van der Waals surface area contributed by atoms with Crippen molar-refractivity contribution in [2.24, 2.45) is 0 Å². The van der Waals surface area contributed by atoms with E-state index in [0.717, 1.165) is 11.3 Å². The van der Waals surface area contributed by atoms with Crippen LogP contribution in [-0.4, -0.2) is 26.9 Å². The Bertz CT molecular complexity index is 972. The summed E-state index contributed by atoms with van der Waals surface area (Å²) >= 11 is 7.48. The molecule has 0 spiro atoms. The number of aromatic nitrogens is 3. The van der Waals surface area contributed by atoms with Crippen LogP contribution in [0.15, 0.2) is 59.8 Å². The summed E-state index contributed by atoms with van der Waals surface area (Å²) in [7, 11) is 0. The lowest BCUT2D eigenvalue weighted by atomic mass is 10.2. The lowest BCUT2D eigenvalue weighted by Gasteiger charge is -2.09. The first-order valence-electron chi connectivity index (χ1n) is 8.03. The van der Waals surface area contributed by atoms with Gasteiger partial charge in [-0.25, -0.2) is 4.39 Å². The van der Waals surface area contributed by atoms with Crippen molar-refractivity contribution in [1.82, 2.24) is 20.1 Å². The molecule has 1 aromatic heterocycles. The van der Waals surface area contributed by atoms with Gasteiger partial charge in [-0.3, -0.25) is 9.36 Å². The van der Waals surface area contributed by atoms with Gasteiger partial charge in [0.1, 0.15) is 5.82 Å². The summed E-state index contributed by atoms with van der Waals surface area (Å²) in [5, 5.41) is 12.2. The van der Waals surface area contributed by atoms with Crippen LogP contribution < -0.4 is 5.32 Å². The second-order valence-electron chi connectivity index (χ2n) is 5.49. The van der Waals surface area contributed by atoms with E-state index in [1.165, 1.54) is 30.0 Å². The zero-order valence-corrected chi connectivity index (χ0v) is 16.0. The molecule has 0 saturated heterocycles. The number of benzene rings is 2. The first-order chi connectivity index (χ1) is 13.1. The largest absolute Gasteiger partial charge is 0.345 e. The van der Waals surface area contributed by atoms with Crippen molar-refractivity contribution in [3.05, 3.63) is 76.8 Å². The highest BCUT2D eigenvalue weighted by atomic mass is 35.5. The van der Waals surface area contributed by atoms with Gasteiger partial charge in [0.25, 0.3) is 0 Å². The van der Waals surface area contributed by atoms with Crippen LogP contribution >= 0.6 is 23.4 Å². The molecule has 2 aromatic carbocycles. The number of carbonyl (C=O) groups excluding carboxylic acids is 1. The lowest BCUT2D eigenvalue weighted by Crippen LogP contribution is -2.22. The minimum absolute atomic E-state index is 0.177. The zero-order chi connectivity index (χ0) is 19.2. The molecule has 138 valence electrons. The second kappa shape index (κ2) is 8.83. The summed E-state index contributed by atoms with van der Waals surface area (Å²) in [5.41, 5.74) is 1.48. The molecule has 27 heavy (non-hydrogen) atoms. The molecule has 1 amide bonds. The molecule has 0 aliphatic rings. The van der Waals surface area contributed by atoms with Crippen molar-refractivity contribution in [2.45, 2.75) is 11.7 Å². The SMILES string of the molecule is CSc1nnc(CNC(=O)/C=C/c2ccccc2Cl)n1-c1ccc(F)cc1. The standard InChI is InChI=1S/C19H16ClFN4OS/c1-27-19-24-23-17(25(19)15-9-7-14(21)8-10-15)12-22-18(26)11-6-13-4-2-3-5-16(13)20/h2-11H,12H2,1H3,(H,22,26)/b11-6+. The van der Waals surface area contributed by atoms with Crippen LogP contribution in [0.3, 0.4) is 0 Å². The van der Waals surface area contributed by atoms with E-state index in [4.69, 9.17) is 11.6 Å². The maximum absolute atomic E-state index is 13.2. The molecule has 0 fully saturated rings. The molecule has 0 atom stereocenters. The highest BCUT2D eigenvalue weighted by Crippen LogP contribution is 2.20. The molecule has 1 heterocycles. The van der Waals surface area contributed by atoms with E-state index in [9.17, 15) is 9.18 Å². The Hall–Kier alpha value is -2.64. The second-order valence-corrected chi connectivity index (χ2v) is 6.67. The Balaban J connectivity index is 1.73. The van der Waals surface area contributed by atoms with Gasteiger partial charge in [0, 0.05) is 16.8 Å². The average molecular weight is 403 g/mol. The van der Waals surface area contributed by atoms with E-state index >= 15 is 0 Å². The van der Waals surface area contributed by atoms with Gasteiger partial charge in [-0.15, -0.1) is 10.2 Å². The van der Waals surface area contributed by atoms with Crippen LogP contribution in [0.4, 0.5) is 4.39 Å². The molecule has 0 radical (unpaired) electrons. The third-order valence-corrected chi connectivity index (χ3v) is 4.68. The van der Waals surface area contributed by atoms with Crippen molar-refractivity contribution >= 4 is 35.3 Å². The lowest BCUT2D eigenvalue weighted by molar-refractivity contribution is -0.116. The number of hydrogen-bond donors (Lipinski definition) is 1. The van der Waals surface area contributed by atoms with Crippen molar-refractivity contribution in [1.29, 1.82) is 0 Å². The Labute approximate surface area is 165 Å². The average Bonchev–Trinajstić information content (AvgIpc) is 3.09. The molecule has 1 N–H and O–H groups in total. The molecule has 5 nitrogen and oxygen atoms in total. The summed E-state index contributed by atoms with van der Waals surface area (Å²) in [5.74, 6) is -0.0585. The van der Waals surface area contributed by atoms with E-state index in [0.29, 0.717) is 16.0 Å². The van der Waals surface area contributed by atoms with Gasteiger partial charge >= 0.3 is 0 Å². The number of hydrogen-bond acceptors (Lipinski definition) is 4. The van der Waals surface area contributed by atoms with E-state index < -0.39 is 0 Å². The van der Waals surface area contributed by atoms with Crippen LogP contribution in [0.1, 0.15) is 11.4 Å². The number of halogens is 2. The number of thioether (sulfide) groups is 1. The van der Waals surface area contributed by atoms with Gasteiger partial charge in [-0.05, 0) is 48.2 Å². The fourth-order valence-electron chi connectivity index (χ4n) is 2.40. The maximum atomic E-state index is 13.2. The van der Waals surface area contributed by atoms with E-state index in [1.54, 1.807) is 28.8 Å². The smallest absolute Gasteiger partial charge is 0.244 e. The Morgan fingerprint density at radius 1 is 1.22 bits per heavy atom. The Kier molecular flexibility index (Phi) is 6.26. The van der Waals surface area contributed by atoms with Gasteiger partial charge in [0.15, 0.2) is 11.0 Å². The number of carbonyl (C=O) groups is 1. The number of amides is 1. The highest BCUT2D eigenvalue weighted by molar-refractivity contribution is 7.98. The summed E-state index contributed by atoms with van der Waals surface area (Å²) < 4.78 is 15.0. The van der Waals surface area contributed by atoms with Gasteiger partial charge in [0.05, 0.1) is 6.54 Å². The first kappa shape index (κ1) is 19.1. The quantitative estimate of drug-likeness (QED) is 0.498. The molecule has 0 aliphatic carbocycles. The van der Waals surface area contributed by atoms with Crippen molar-refractivity contribution in [3.8, 4) is 5.69 Å². The summed E-state index contributed by atoms with van der Waals surface area (Å²) in [4.78, 5) is 12.1. The molecular weight excluding hydrogens is 387 g/mol. The summed E-state index contributed by atoms with van der Waals surface area (Å²) in [6.45, 7) is 0.177. The normalized spacial score (nSPS) is 11.1. The Morgan fingerprint density at radius 2 is 1.96 bits per heavy atom. The predicted molar refractivity (Wildman–Crippen MR) is 105 cm³/mol. The van der Waals surface area contributed by atoms with Crippen LogP contribution in [-0.2, 0) is 11.3 Å². The summed E-state index contributed by atoms with van der Waals surface area (Å²) in [6.07, 6.45) is 4.93. The molecular formula is C19H16ClFN4OS. The minimum Gasteiger partial charge on any atom is -0.345 e. The van der Waals surface area contributed by atoms with Gasteiger partial charge in [-0.1, -0.05) is 41.6 Å². The van der Waals surface area contributed by atoms with Crippen molar-refractivity contribution < 1.29 is 9.18 Å². The van der Waals surface area contributed by atoms with E-state index in [-0.39, 0.29) is 18.3 Å². The number of nitrogens with zero attached hydrogens (tertiary/aromatic N) is 3. The molecule has 3 aromatic rings. The fraction of sp³-hybridized carbons (Fsp3) is 0.105. The third-order valence-electron chi connectivity index (χ3n) is 3.71. The van der Waals surface area contributed by atoms with Gasteiger partial charge in [-0.2, -0.15) is 0 Å². The fourth-order valence-corrected chi connectivity index (χ4v) is 3.11. The van der Waals surface area contributed by atoms with Crippen molar-refractivity contribution in [2.75, 3.05) is 6.26 Å². The van der Waals surface area contributed by atoms with Gasteiger partial charge < -0.3 is 5.32 Å². The first-order valence-corrected chi connectivity index (χ1v) is 9.63. The van der Waals surface area contributed by atoms with Gasteiger partial charge in [0.2, 0.25) is 5.91 Å². The Morgan fingerprint density at radius 3 is 2.67 bits per heavy atom. The molecule has 0 unspecified atom stereocenters.